The number of pyridine rings is 1. The predicted octanol–water partition coefficient (Wildman–Crippen LogP) is 5.64. The van der Waals surface area contributed by atoms with Gasteiger partial charge in [-0.1, -0.05) is 48.8 Å². The Morgan fingerprint density at radius 1 is 1.12 bits per heavy atom. The van der Waals surface area contributed by atoms with Crippen molar-refractivity contribution in [3.63, 3.8) is 0 Å². The van der Waals surface area contributed by atoms with Gasteiger partial charge in [0.15, 0.2) is 0 Å². The van der Waals surface area contributed by atoms with Gasteiger partial charge in [-0.25, -0.2) is 4.98 Å². The summed E-state index contributed by atoms with van der Waals surface area (Å²) in [5.41, 5.74) is 0.423. The van der Waals surface area contributed by atoms with Crippen molar-refractivity contribution in [2.75, 3.05) is 0 Å². The van der Waals surface area contributed by atoms with Crippen LogP contribution in [-0.2, 0) is 5.60 Å². The molecule has 2 heterocycles. The summed E-state index contributed by atoms with van der Waals surface area (Å²) in [5, 5.41) is 13.0. The number of hydrogen-bond acceptors (Lipinski definition) is 4. The highest BCUT2D eigenvalue weighted by atomic mass is 35.5. The Labute approximate surface area is 167 Å². The number of benzene rings is 1. The van der Waals surface area contributed by atoms with Gasteiger partial charge in [0.25, 0.3) is 0 Å². The summed E-state index contributed by atoms with van der Waals surface area (Å²) in [7, 11) is 0. The molecule has 0 amide bonds. The van der Waals surface area contributed by atoms with Crippen molar-refractivity contribution >= 4 is 35.0 Å². The number of nitrogens with one attached hydrogen (secondary N) is 1. The molecule has 26 heavy (non-hydrogen) atoms. The topological polar surface area (TPSA) is 61.8 Å². The van der Waals surface area contributed by atoms with Crippen LogP contribution in [0.2, 0.25) is 10.0 Å². The van der Waals surface area contributed by atoms with Crippen molar-refractivity contribution in [3.05, 3.63) is 69.9 Å². The van der Waals surface area contributed by atoms with Crippen molar-refractivity contribution in [1.29, 1.82) is 0 Å². The van der Waals surface area contributed by atoms with E-state index in [0.717, 1.165) is 21.2 Å². The van der Waals surface area contributed by atoms with Gasteiger partial charge in [0.1, 0.15) is 16.5 Å². The Balaban J connectivity index is 2.01. The van der Waals surface area contributed by atoms with E-state index < -0.39 is 5.60 Å². The lowest BCUT2D eigenvalue weighted by Crippen LogP contribution is -2.24. The average Bonchev–Trinajstić information content (AvgIpc) is 2.99. The van der Waals surface area contributed by atoms with Gasteiger partial charge in [-0.3, -0.25) is 4.98 Å². The van der Waals surface area contributed by atoms with Crippen molar-refractivity contribution < 1.29 is 5.11 Å². The molecular weight excluding hydrogens is 389 g/mol. The standard InChI is InChI=1S/C19H19Cl2N3OS/c1-11(2)16-17(26-15-9-13(20)8-14(21)10-15)24-18(23-16)19(3,25)12-4-6-22-7-5-12/h4-11,25H,1-3H3,(H,23,24). The highest BCUT2D eigenvalue weighted by Gasteiger charge is 2.31. The summed E-state index contributed by atoms with van der Waals surface area (Å²) in [6.45, 7) is 5.87. The Kier molecular flexibility index (Phi) is 5.63. The Hall–Kier alpha value is -1.53. The zero-order chi connectivity index (χ0) is 18.9. The third kappa shape index (κ3) is 4.07. The Morgan fingerprint density at radius 2 is 1.73 bits per heavy atom. The van der Waals surface area contributed by atoms with Crippen LogP contribution in [0, 0.1) is 0 Å². The van der Waals surface area contributed by atoms with Gasteiger partial charge < -0.3 is 10.1 Å². The van der Waals surface area contributed by atoms with Crippen LogP contribution in [0.15, 0.2) is 52.6 Å². The summed E-state index contributed by atoms with van der Waals surface area (Å²) < 4.78 is 0. The quantitative estimate of drug-likeness (QED) is 0.573. The molecule has 0 aliphatic heterocycles. The maximum atomic E-state index is 11.1. The van der Waals surface area contributed by atoms with Crippen LogP contribution >= 0.6 is 35.0 Å². The Bertz CT molecular complexity index is 890. The van der Waals surface area contributed by atoms with Gasteiger partial charge >= 0.3 is 0 Å². The number of H-pyrrole nitrogens is 1. The lowest BCUT2D eigenvalue weighted by molar-refractivity contribution is 0.0926. The van der Waals surface area contributed by atoms with Gasteiger partial charge in [-0.15, -0.1) is 0 Å². The van der Waals surface area contributed by atoms with Crippen molar-refractivity contribution in [2.45, 2.75) is 42.2 Å². The van der Waals surface area contributed by atoms with E-state index in [0.29, 0.717) is 15.9 Å². The molecule has 0 saturated carbocycles. The molecule has 4 nitrogen and oxygen atoms in total. The van der Waals surface area contributed by atoms with Gasteiger partial charge in [0.05, 0.1) is 5.69 Å². The molecule has 0 fully saturated rings. The van der Waals surface area contributed by atoms with E-state index in [9.17, 15) is 5.11 Å². The number of imidazole rings is 1. The van der Waals surface area contributed by atoms with Crippen LogP contribution in [0.3, 0.4) is 0 Å². The second-order valence-corrected chi connectivity index (χ2v) is 8.41. The summed E-state index contributed by atoms with van der Waals surface area (Å²) in [4.78, 5) is 12.9. The number of rotatable bonds is 5. The molecule has 1 atom stereocenters. The third-order valence-electron chi connectivity index (χ3n) is 4.03. The van der Waals surface area contributed by atoms with Crippen LogP contribution < -0.4 is 0 Å². The lowest BCUT2D eigenvalue weighted by Gasteiger charge is -2.21. The molecular formula is C19H19Cl2N3OS. The number of aromatic amines is 1. The maximum absolute atomic E-state index is 11.1. The molecule has 7 heteroatoms. The number of nitrogens with zero attached hydrogens (tertiary/aromatic N) is 2. The number of halogens is 2. The van der Waals surface area contributed by atoms with E-state index in [1.807, 2.05) is 12.1 Å². The summed E-state index contributed by atoms with van der Waals surface area (Å²) >= 11 is 13.7. The minimum Gasteiger partial charge on any atom is -0.377 e. The summed E-state index contributed by atoms with van der Waals surface area (Å²) in [6, 6.07) is 8.94. The van der Waals surface area contributed by atoms with Crippen LogP contribution in [0.25, 0.3) is 0 Å². The first-order valence-electron chi connectivity index (χ1n) is 8.14. The molecule has 2 aromatic heterocycles. The van der Waals surface area contributed by atoms with E-state index in [4.69, 9.17) is 23.2 Å². The average molecular weight is 408 g/mol. The Morgan fingerprint density at radius 3 is 2.31 bits per heavy atom. The second kappa shape index (κ2) is 7.61. The third-order valence-corrected chi connectivity index (χ3v) is 5.44. The fraction of sp³-hybridized carbons (Fsp3) is 0.263. The molecule has 3 rings (SSSR count). The molecule has 2 N–H and O–H groups in total. The van der Waals surface area contributed by atoms with Crippen molar-refractivity contribution in [2.24, 2.45) is 0 Å². The summed E-state index contributed by atoms with van der Waals surface area (Å²) in [6.07, 6.45) is 3.31. The molecule has 136 valence electrons. The maximum Gasteiger partial charge on any atom is 0.144 e. The fourth-order valence-electron chi connectivity index (χ4n) is 2.58. The molecule has 0 aliphatic carbocycles. The zero-order valence-corrected chi connectivity index (χ0v) is 17.0. The molecule has 0 radical (unpaired) electrons. The number of hydrogen-bond donors (Lipinski definition) is 2. The minimum absolute atomic E-state index is 0.210. The first-order valence-corrected chi connectivity index (χ1v) is 9.72. The first kappa shape index (κ1) is 19.2. The molecule has 3 aromatic rings. The fourth-order valence-corrected chi connectivity index (χ4v) is 4.37. The van der Waals surface area contributed by atoms with Crippen molar-refractivity contribution in [1.82, 2.24) is 15.0 Å². The highest BCUT2D eigenvalue weighted by molar-refractivity contribution is 7.99. The first-order chi connectivity index (χ1) is 12.3. The second-order valence-electron chi connectivity index (χ2n) is 6.47. The smallest absolute Gasteiger partial charge is 0.144 e. The number of aromatic nitrogens is 3. The molecule has 1 unspecified atom stereocenters. The van der Waals surface area contributed by atoms with E-state index in [-0.39, 0.29) is 5.92 Å². The van der Waals surface area contributed by atoms with E-state index in [1.165, 1.54) is 11.8 Å². The molecule has 0 spiro atoms. The zero-order valence-electron chi connectivity index (χ0n) is 14.6. The molecule has 0 aliphatic rings. The predicted molar refractivity (Wildman–Crippen MR) is 106 cm³/mol. The summed E-state index contributed by atoms with van der Waals surface area (Å²) in [5.74, 6) is 0.699. The molecule has 1 aromatic carbocycles. The largest absolute Gasteiger partial charge is 0.377 e. The van der Waals surface area contributed by atoms with Crippen LogP contribution in [0.1, 0.15) is 43.8 Å². The van der Waals surface area contributed by atoms with Gasteiger partial charge in [0.2, 0.25) is 0 Å². The normalized spacial score (nSPS) is 13.8. The lowest BCUT2D eigenvalue weighted by atomic mass is 9.96. The van der Waals surface area contributed by atoms with Gasteiger partial charge in [-0.05, 0) is 48.7 Å². The van der Waals surface area contributed by atoms with Crippen LogP contribution in [0.5, 0.6) is 0 Å². The van der Waals surface area contributed by atoms with Crippen molar-refractivity contribution in [3.8, 4) is 0 Å². The monoisotopic (exact) mass is 407 g/mol. The van der Waals surface area contributed by atoms with Gasteiger partial charge in [-0.2, -0.15) is 0 Å². The van der Waals surface area contributed by atoms with Gasteiger partial charge in [0, 0.05) is 27.3 Å². The van der Waals surface area contributed by atoms with E-state index in [1.54, 1.807) is 37.5 Å². The molecule has 0 bridgehead atoms. The minimum atomic E-state index is -1.25. The molecule has 0 saturated heterocycles. The highest BCUT2D eigenvalue weighted by Crippen LogP contribution is 2.37. The SMILES string of the molecule is CC(C)c1[nH]c(C(C)(O)c2ccncc2)nc1Sc1cc(Cl)cc(Cl)c1. The van der Waals surface area contributed by atoms with E-state index >= 15 is 0 Å². The van der Waals surface area contributed by atoms with E-state index in [2.05, 4.69) is 28.8 Å². The van der Waals surface area contributed by atoms with Crippen LogP contribution in [0.4, 0.5) is 0 Å². The van der Waals surface area contributed by atoms with Crippen LogP contribution in [-0.4, -0.2) is 20.1 Å². The number of aliphatic hydroxyl groups is 1.